The summed E-state index contributed by atoms with van der Waals surface area (Å²) in [4.78, 5) is 14.6. The van der Waals surface area contributed by atoms with Crippen molar-refractivity contribution in [3.05, 3.63) is 65.5 Å². The van der Waals surface area contributed by atoms with Crippen molar-refractivity contribution in [2.24, 2.45) is 5.92 Å². The van der Waals surface area contributed by atoms with E-state index in [-0.39, 0.29) is 30.2 Å². The van der Waals surface area contributed by atoms with Gasteiger partial charge >= 0.3 is 0 Å². The summed E-state index contributed by atoms with van der Waals surface area (Å²) in [5.74, 6) is 1.03. The van der Waals surface area contributed by atoms with Crippen molar-refractivity contribution >= 4 is 5.91 Å². The van der Waals surface area contributed by atoms with E-state index in [4.69, 9.17) is 14.2 Å². The maximum atomic E-state index is 13.8. The molecule has 0 bridgehead atoms. The molecule has 2 aliphatic heterocycles. The summed E-state index contributed by atoms with van der Waals surface area (Å²) in [6, 6.07) is 15.2. The standard InChI is InChI=1S/C31H43FN2O4/c1-22(2)21-37-29-11-7-26(8-12-29)31(19-25-5-9-27(32)10-6-25)20-28(33-24(4)35)13-16-34(31)17-14-30-36-18-15-23(3)38-30/h5-12,22-23,28,30H,13-21H2,1-4H3,(H,33,35)/t23-,28?,30-,31?/m1/s1. The lowest BCUT2D eigenvalue weighted by molar-refractivity contribution is -0.212. The summed E-state index contributed by atoms with van der Waals surface area (Å²) in [5, 5.41) is 3.18. The Balaban J connectivity index is 1.67. The molecule has 7 heteroatoms. The van der Waals surface area contributed by atoms with Gasteiger partial charge in [-0.25, -0.2) is 4.39 Å². The van der Waals surface area contributed by atoms with Gasteiger partial charge in [-0.15, -0.1) is 0 Å². The minimum Gasteiger partial charge on any atom is -0.493 e. The number of halogens is 1. The van der Waals surface area contributed by atoms with Crippen molar-refractivity contribution in [3.8, 4) is 5.75 Å². The summed E-state index contributed by atoms with van der Waals surface area (Å²) in [7, 11) is 0. The fourth-order valence-electron chi connectivity index (χ4n) is 5.70. The van der Waals surface area contributed by atoms with Gasteiger partial charge in [0.25, 0.3) is 0 Å². The molecule has 2 aromatic rings. The molecular weight excluding hydrogens is 483 g/mol. The van der Waals surface area contributed by atoms with Crippen LogP contribution in [0.5, 0.6) is 5.75 Å². The summed E-state index contributed by atoms with van der Waals surface area (Å²) >= 11 is 0. The minimum atomic E-state index is -0.403. The second kappa shape index (κ2) is 13.0. The molecule has 4 rings (SSSR count). The van der Waals surface area contributed by atoms with E-state index in [1.54, 1.807) is 6.92 Å². The van der Waals surface area contributed by atoms with Gasteiger partial charge in [-0.2, -0.15) is 0 Å². The lowest BCUT2D eigenvalue weighted by atomic mass is 9.74. The number of amides is 1. The number of likely N-dealkylation sites (tertiary alicyclic amines) is 1. The molecule has 0 aromatic heterocycles. The van der Waals surface area contributed by atoms with Crippen molar-refractivity contribution < 1.29 is 23.4 Å². The topological polar surface area (TPSA) is 60.0 Å². The quantitative estimate of drug-likeness (QED) is 0.447. The van der Waals surface area contributed by atoms with E-state index in [9.17, 15) is 9.18 Å². The molecule has 1 amide bonds. The second-order valence-electron chi connectivity index (χ2n) is 11.3. The molecule has 0 saturated carbocycles. The van der Waals surface area contributed by atoms with Gasteiger partial charge in [0, 0.05) is 32.5 Å². The van der Waals surface area contributed by atoms with E-state index >= 15 is 0 Å². The Hall–Kier alpha value is -2.48. The molecule has 0 radical (unpaired) electrons. The Morgan fingerprint density at radius 1 is 1.16 bits per heavy atom. The smallest absolute Gasteiger partial charge is 0.217 e. The molecule has 0 aliphatic carbocycles. The zero-order valence-corrected chi connectivity index (χ0v) is 23.3. The van der Waals surface area contributed by atoms with Crippen LogP contribution < -0.4 is 10.1 Å². The van der Waals surface area contributed by atoms with Crippen LogP contribution in [0.1, 0.15) is 64.5 Å². The van der Waals surface area contributed by atoms with Crippen LogP contribution in [-0.2, 0) is 26.2 Å². The van der Waals surface area contributed by atoms with Crippen LogP contribution in [0.4, 0.5) is 4.39 Å². The lowest BCUT2D eigenvalue weighted by Crippen LogP contribution is -2.58. The van der Waals surface area contributed by atoms with E-state index in [1.807, 2.05) is 24.3 Å². The average Bonchev–Trinajstić information content (AvgIpc) is 2.88. The van der Waals surface area contributed by atoms with E-state index in [2.05, 4.69) is 43.1 Å². The number of piperidine rings is 1. The maximum Gasteiger partial charge on any atom is 0.217 e. The SMILES string of the molecule is CC(=O)NC1CCN(CC[C@@H]2OCC[C@@H](C)O2)C(Cc2ccc(F)cc2)(c2ccc(OCC(C)C)cc2)C1. The van der Waals surface area contributed by atoms with Crippen LogP contribution in [0.2, 0.25) is 0 Å². The number of hydrogen-bond acceptors (Lipinski definition) is 5. The average molecular weight is 527 g/mol. The van der Waals surface area contributed by atoms with E-state index < -0.39 is 5.54 Å². The van der Waals surface area contributed by atoms with Crippen molar-refractivity contribution in [2.45, 2.75) is 83.8 Å². The molecule has 208 valence electrons. The van der Waals surface area contributed by atoms with Crippen LogP contribution in [0, 0.1) is 11.7 Å². The Bertz CT molecular complexity index is 1030. The van der Waals surface area contributed by atoms with Crippen molar-refractivity contribution in [1.82, 2.24) is 10.2 Å². The highest BCUT2D eigenvalue weighted by atomic mass is 19.1. The van der Waals surface area contributed by atoms with Crippen LogP contribution in [0.25, 0.3) is 0 Å². The molecule has 0 spiro atoms. The first kappa shape index (κ1) is 28.5. The fourth-order valence-corrected chi connectivity index (χ4v) is 5.70. The monoisotopic (exact) mass is 526 g/mol. The first-order valence-electron chi connectivity index (χ1n) is 14.0. The van der Waals surface area contributed by atoms with Crippen LogP contribution >= 0.6 is 0 Å². The number of carbonyl (C=O) groups is 1. The fraction of sp³-hybridized carbons (Fsp3) is 0.581. The third-order valence-corrected chi connectivity index (χ3v) is 7.58. The third kappa shape index (κ3) is 7.55. The molecule has 2 saturated heterocycles. The first-order chi connectivity index (χ1) is 18.2. The number of nitrogens with one attached hydrogen (secondary N) is 1. The van der Waals surface area contributed by atoms with Gasteiger partial charge in [-0.1, -0.05) is 38.1 Å². The van der Waals surface area contributed by atoms with Crippen molar-refractivity contribution in [1.29, 1.82) is 0 Å². The zero-order valence-electron chi connectivity index (χ0n) is 23.3. The third-order valence-electron chi connectivity index (χ3n) is 7.58. The Labute approximate surface area is 226 Å². The highest BCUT2D eigenvalue weighted by molar-refractivity contribution is 5.73. The molecule has 2 unspecified atom stereocenters. The summed E-state index contributed by atoms with van der Waals surface area (Å²) in [5.41, 5.74) is 1.81. The van der Waals surface area contributed by atoms with E-state index in [0.29, 0.717) is 18.9 Å². The molecule has 38 heavy (non-hydrogen) atoms. The summed E-state index contributed by atoms with van der Waals surface area (Å²) in [6.45, 7) is 10.9. The number of ether oxygens (including phenoxy) is 3. The van der Waals surface area contributed by atoms with E-state index in [1.165, 1.54) is 12.1 Å². The number of benzene rings is 2. The van der Waals surface area contributed by atoms with E-state index in [0.717, 1.165) is 62.3 Å². The predicted octanol–water partition coefficient (Wildman–Crippen LogP) is 5.44. The van der Waals surface area contributed by atoms with Gasteiger partial charge in [0.1, 0.15) is 11.6 Å². The van der Waals surface area contributed by atoms with Gasteiger partial charge in [0.15, 0.2) is 6.29 Å². The Kier molecular flexibility index (Phi) is 9.80. The highest BCUT2D eigenvalue weighted by Gasteiger charge is 2.44. The van der Waals surface area contributed by atoms with Crippen LogP contribution in [0.3, 0.4) is 0 Å². The normalized spacial score (nSPS) is 26.3. The predicted molar refractivity (Wildman–Crippen MR) is 146 cm³/mol. The van der Waals surface area contributed by atoms with Gasteiger partial charge in [-0.3, -0.25) is 9.69 Å². The number of carbonyl (C=O) groups excluding carboxylic acids is 1. The maximum absolute atomic E-state index is 13.8. The van der Waals surface area contributed by atoms with Gasteiger partial charge in [-0.05, 0) is 73.9 Å². The largest absolute Gasteiger partial charge is 0.493 e. The Morgan fingerprint density at radius 3 is 2.55 bits per heavy atom. The molecule has 2 aromatic carbocycles. The second-order valence-corrected chi connectivity index (χ2v) is 11.3. The molecule has 2 heterocycles. The van der Waals surface area contributed by atoms with Crippen LogP contribution in [0.15, 0.2) is 48.5 Å². The molecule has 6 nitrogen and oxygen atoms in total. The van der Waals surface area contributed by atoms with Crippen LogP contribution in [-0.4, -0.2) is 55.5 Å². The molecule has 2 aliphatic rings. The van der Waals surface area contributed by atoms with Crippen molar-refractivity contribution in [2.75, 3.05) is 26.3 Å². The number of rotatable bonds is 10. The first-order valence-corrected chi connectivity index (χ1v) is 14.0. The molecule has 2 fully saturated rings. The molecule has 1 N–H and O–H groups in total. The number of nitrogens with zero attached hydrogens (tertiary/aromatic N) is 1. The zero-order chi connectivity index (χ0) is 27.1. The van der Waals surface area contributed by atoms with Gasteiger partial charge in [0.05, 0.1) is 24.9 Å². The minimum absolute atomic E-state index is 0.0189. The molecule has 4 atom stereocenters. The lowest BCUT2D eigenvalue weighted by Gasteiger charge is -2.51. The van der Waals surface area contributed by atoms with Crippen molar-refractivity contribution in [3.63, 3.8) is 0 Å². The molecular formula is C31H43FN2O4. The Morgan fingerprint density at radius 2 is 1.89 bits per heavy atom. The summed E-state index contributed by atoms with van der Waals surface area (Å²) in [6.07, 6.45) is 3.96. The van der Waals surface area contributed by atoms with Gasteiger partial charge < -0.3 is 19.5 Å². The van der Waals surface area contributed by atoms with Gasteiger partial charge in [0.2, 0.25) is 5.91 Å². The summed E-state index contributed by atoms with van der Waals surface area (Å²) < 4.78 is 31.7. The highest BCUT2D eigenvalue weighted by Crippen LogP contribution is 2.42. The number of hydrogen-bond donors (Lipinski definition) is 1.